The summed E-state index contributed by atoms with van der Waals surface area (Å²) in [5.41, 5.74) is 1.23. The zero-order valence-corrected chi connectivity index (χ0v) is 11.9. The molecule has 0 saturated heterocycles. The number of pyridine rings is 1. The van der Waals surface area contributed by atoms with E-state index in [9.17, 15) is 9.59 Å². The van der Waals surface area contributed by atoms with Gasteiger partial charge in [0, 0.05) is 25.5 Å². The third-order valence-electron chi connectivity index (χ3n) is 3.35. The molecule has 0 saturated carbocycles. The molecule has 0 spiro atoms. The van der Waals surface area contributed by atoms with E-state index in [2.05, 4.69) is 10.3 Å². The average Bonchev–Trinajstić information content (AvgIpc) is 2.57. The Morgan fingerprint density at radius 3 is 2.95 bits per heavy atom. The number of hydrogen-bond donors (Lipinski definition) is 1. The van der Waals surface area contributed by atoms with Gasteiger partial charge < -0.3 is 15.0 Å². The number of nitrogens with zero attached hydrogens (tertiary/aromatic N) is 2. The SMILES string of the molecule is O=C(NCCN1C(=O)COc2ccccc21)c1cccnc1. The van der Waals surface area contributed by atoms with Gasteiger partial charge in [-0.1, -0.05) is 12.1 Å². The zero-order valence-electron chi connectivity index (χ0n) is 11.9. The van der Waals surface area contributed by atoms with Crippen LogP contribution >= 0.6 is 0 Å². The van der Waals surface area contributed by atoms with Crippen molar-refractivity contribution in [3.8, 4) is 5.75 Å². The van der Waals surface area contributed by atoms with Gasteiger partial charge in [0.1, 0.15) is 5.75 Å². The molecule has 2 aromatic rings. The van der Waals surface area contributed by atoms with Gasteiger partial charge in [0.05, 0.1) is 11.3 Å². The fraction of sp³-hybridized carbons (Fsp3) is 0.188. The number of ether oxygens (including phenoxy) is 1. The van der Waals surface area contributed by atoms with Crippen LogP contribution in [0.4, 0.5) is 5.69 Å². The summed E-state index contributed by atoms with van der Waals surface area (Å²) in [5, 5.41) is 2.78. The first-order valence-electron chi connectivity index (χ1n) is 6.96. The fourth-order valence-corrected chi connectivity index (χ4v) is 2.28. The lowest BCUT2D eigenvalue weighted by atomic mass is 10.2. The summed E-state index contributed by atoms with van der Waals surface area (Å²) in [7, 11) is 0. The second-order valence-electron chi connectivity index (χ2n) is 4.80. The molecule has 6 heteroatoms. The van der Waals surface area contributed by atoms with Gasteiger partial charge in [0.25, 0.3) is 11.8 Å². The molecule has 2 amide bonds. The summed E-state index contributed by atoms with van der Waals surface area (Å²) in [4.78, 5) is 29.4. The van der Waals surface area contributed by atoms with Crippen molar-refractivity contribution in [3.05, 3.63) is 54.4 Å². The van der Waals surface area contributed by atoms with Crippen LogP contribution in [-0.4, -0.2) is 36.5 Å². The fourth-order valence-electron chi connectivity index (χ4n) is 2.28. The van der Waals surface area contributed by atoms with Crippen LogP contribution in [0.3, 0.4) is 0 Å². The van der Waals surface area contributed by atoms with E-state index in [1.807, 2.05) is 24.3 Å². The summed E-state index contributed by atoms with van der Waals surface area (Å²) in [6.07, 6.45) is 3.12. The van der Waals surface area contributed by atoms with Gasteiger partial charge in [-0.15, -0.1) is 0 Å². The smallest absolute Gasteiger partial charge is 0.265 e. The van der Waals surface area contributed by atoms with Gasteiger partial charge in [-0.2, -0.15) is 0 Å². The minimum absolute atomic E-state index is 0.0214. The number of aromatic nitrogens is 1. The molecule has 1 aromatic heterocycles. The highest BCUT2D eigenvalue weighted by molar-refractivity contribution is 5.98. The molecule has 0 aliphatic carbocycles. The number of benzene rings is 1. The molecule has 0 radical (unpaired) electrons. The molecule has 2 heterocycles. The van der Waals surface area contributed by atoms with Gasteiger partial charge in [0.2, 0.25) is 0 Å². The van der Waals surface area contributed by atoms with Crippen molar-refractivity contribution >= 4 is 17.5 Å². The normalized spacial score (nSPS) is 13.3. The number of hydrogen-bond acceptors (Lipinski definition) is 4. The van der Waals surface area contributed by atoms with E-state index in [1.165, 1.54) is 6.20 Å². The minimum atomic E-state index is -0.206. The first-order valence-corrected chi connectivity index (χ1v) is 6.96. The molecule has 0 bridgehead atoms. The molecule has 0 fully saturated rings. The Balaban J connectivity index is 1.62. The Morgan fingerprint density at radius 2 is 2.14 bits per heavy atom. The lowest BCUT2D eigenvalue weighted by Gasteiger charge is -2.29. The van der Waals surface area contributed by atoms with Crippen molar-refractivity contribution < 1.29 is 14.3 Å². The van der Waals surface area contributed by atoms with E-state index in [1.54, 1.807) is 23.2 Å². The predicted octanol–water partition coefficient (Wildman–Crippen LogP) is 1.24. The second kappa shape index (κ2) is 6.26. The molecule has 0 atom stereocenters. The van der Waals surface area contributed by atoms with Crippen molar-refractivity contribution in [1.82, 2.24) is 10.3 Å². The summed E-state index contributed by atoms with van der Waals surface area (Å²) in [5.74, 6) is 0.358. The van der Waals surface area contributed by atoms with Crippen LogP contribution in [0.1, 0.15) is 10.4 Å². The van der Waals surface area contributed by atoms with E-state index in [0.717, 1.165) is 5.69 Å². The third kappa shape index (κ3) is 2.90. The molecule has 1 aromatic carbocycles. The molecule has 6 nitrogen and oxygen atoms in total. The number of anilines is 1. The number of nitrogens with one attached hydrogen (secondary N) is 1. The Labute approximate surface area is 127 Å². The van der Waals surface area contributed by atoms with Crippen molar-refractivity contribution in [2.45, 2.75) is 0 Å². The maximum atomic E-state index is 12.0. The van der Waals surface area contributed by atoms with Gasteiger partial charge >= 0.3 is 0 Å². The van der Waals surface area contributed by atoms with Gasteiger partial charge in [0.15, 0.2) is 6.61 Å². The van der Waals surface area contributed by atoms with Crippen molar-refractivity contribution in [2.24, 2.45) is 0 Å². The van der Waals surface area contributed by atoms with Crippen LogP contribution in [0.5, 0.6) is 5.75 Å². The summed E-state index contributed by atoms with van der Waals surface area (Å²) >= 11 is 0. The molecule has 112 valence electrons. The minimum Gasteiger partial charge on any atom is -0.482 e. The number of para-hydroxylation sites is 2. The monoisotopic (exact) mass is 297 g/mol. The lowest BCUT2D eigenvalue weighted by molar-refractivity contribution is -0.121. The number of amides is 2. The van der Waals surface area contributed by atoms with E-state index < -0.39 is 0 Å². The van der Waals surface area contributed by atoms with Crippen LogP contribution < -0.4 is 15.0 Å². The van der Waals surface area contributed by atoms with Crippen LogP contribution in [0, 0.1) is 0 Å². The number of carbonyl (C=O) groups is 2. The van der Waals surface area contributed by atoms with Crippen molar-refractivity contribution in [1.29, 1.82) is 0 Å². The number of fused-ring (bicyclic) bond motifs is 1. The molecule has 1 aliphatic heterocycles. The Morgan fingerprint density at radius 1 is 1.27 bits per heavy atom. The predicted molar refractivity (Wildman–Crippen MR) is 80.9 cm³/mol. The van der Waals surface area contributed by atoms with E-state index >= 15 is 0 Å². The van der Waals surface area contributed by atoms with E-state index in [-0.39, 0.29) is 18.4 Å². The molecule has 1 aliphatic rings. The molecule has 3 rings (SSSR count). The van der Waals surface area contributed by atoms with Gasteiger partial charge in [-0.3, -0.25) is 14.6 Å². The number of rotatable bonds is 4. The molecule has 0 unspecified atom stereocenters. The average molecular weight is 297 g/mol. The molecular formula is C16H15N3O3. The quantitative estimate of drug-likeness (QED) is 0.921. The maximum absolute atomic E-state index is 12.0. The summed E-state index contributed by atoms with van der Waals surface area (Å²) in [6.45, 7) is 0.770. The van der Waals surface area contributed by atoms with Crippen LogP contribution in [-0.2, 0) is 4.79 Å². The first-order chi connectivity index (χ1) is 10.8. The first kappa shape index (κ1) is 14.1. The summed E-state index contributed by atoms with van der Waals surface area (Å²) < 4.78 is 5.38. The lowest BCUT2D eigenvalue weighted by Crippen LogP contribution is -2.43. The Hall–Kier alpha value is -2.89. The van der Waals surface area contributed by atoms with Crippen LogP contribution in [0.2, 0.25) is 0 Å². The topological polar surface area (TPSA) is 71.5 Å². The van der Waals surface area contributed by atoms with E-state index in [0.29, 0.717) is 24.4 Å². The third-order valence-corrected chi connectivity index (χ3v) is 3.35. The van der Waals surface area contributed by atoms with Gasteiger partial charge in [-0.05, 0) is 24.3 Å². The van der Waals surface area contributed by atoms with Crippen molar-refractivity contribution in [2.75, 3.05) is 24.6 Å². The Kier molecular flexibility index (Phi) is 4.00. The van der Waals surface area contributed by atoms with Crippen LogP contribution in [0.25, 0.3) is 0 Å². The highest BCUT2D eigenvalue weighted by Crippen LogP contribution is 2.30. The van der Waals surface area contributed by atoms with Crippen molar-refractivity contribution in [3.63, 3.8) is 0 Å². The highest BCUT2D eigenvalue weighted by Gasteiger charge is 2.24. The van der Waals surface area contributed by atoms with Crippen LogP contribution in [0.15, 0.2) is 48.8 Å². The zero-order chi connectivity index (χ0) is 15.4. The summed E-state index contributed by atoms with van der Waals surface area (Å²) in [6, 6.07) is 10.8. The second-order valence-corrected chi connectivity index (χ2v) is 4.80. The Bertz CT molecular complexity index is 688. The largest absolute Gasteiger partial charge is 0.482 e. The van der Waals surface area contributed by atoms with E-state index in [4.69, 9.17) is 4.74 Å². The maximum Gasteiger partial charge on any atom is 0.265 e. The molecule has 22 heavy (non-hydrogen) atoms. The molecular weight excluding hydrogens is 282 g/mol. The standard InChI is InChI=1S/C16H15N3O3/c20-15-11-22-14-6-2-1-5-13(14)19(15)9-8-18-16(21)12-4-3-7-17-10-12/h1-7,10H,8-9,11H2,(H,18,21). The molecule has 1 N–H and O–H groups in total. The highest BCUT2D eigenvalue weighted by atomic mass is 16.5. The number of carbonyl (C=O) groups excluding carboxylic acids is 2. The van der Waals surface area contributed by atoms with Gasteiger partial charge in [-0.25, -0.2) is 0 Å².